The van der Waals surface area contributed by atoms with Crippen LogP contribution in [0.4, 0.5) is 0 Å². The Morgan fingerprint density at radius 2 is 2.27 bits per heavy atom. The lowest BCUT2D eigenvalue weighted by Gasteiger charge is -2.26. The molecule has 0 amide bonds. The molecule has 11 heavy (non-hydrogen) atoms. The van der Waals surface area contributed by atoms with Gasteiger partial charge >= 0.3 is 5.97 Å². The Morgan fingerprint density at radius 1 is 1.64 bits per heavy atom. The Labute approximate surface area is 66.4 Å². The smallest absolute Gasteiger partial charge is 0.332 e. The number of ether oxygens (including phenoxy) is 1. The third kappa shape index (κ3) is 2.72. The number of esters is 1. The Bertz CT molecular complexity index is 179. The van der Waals surface area contributed by atoms with Gasteiger partial charge in [0.2, 0.25) is 0 Å². The number of allylic oxidation sites excluding steroid dienone is 1. The predicted molar refractivity (Wildman–Crippen MR) is 41.9 cm³/mol. The topological polar surface area (TPSA) is 38.3 Å². The molecule has 1 aliphatic rings. The maximum absolute atomic E-state index is 10.9. The van der Waals surface area contributed by atoms with Crippen molar-refractivity contribution in [2.75, 3.05) is 6.54 Å². The van der Waals surface area contributed by atoms with Crippen LogP contribution in [-0.4, -0.2) is 18.7 Å². The maximum atomic E-state index is 10.9. The van der Waals surface area contributed by atoms with Gasteiger partial charge in [0.05, 0.1) is 0 Å². The summed E-state index contributed by atoms with van der Waals surface area (Å²) in [7, 11) is 0. The minimum absolute atomic E-state index is 0.0434. The molecule has 1 rings (SSSR count). The molecule has 1 fully saturated rings. The minimum atomic E-state index is -0.248. The summed E-state index contributed by atoms with van der Waals surface area (Å²) in [6.07, 6.45) is 2.39. The number of hydrogen-bond donors (Lipinski definition) is 1. The molecular weight excluding hydrogens is 142 g/mol. The molecule has 1 heterocycles. The van der Waals surface area contributed by atoms with E-state index in [1.807, 2.05) is 13.8 Å². The zero-order valence-electron chi connectivity index (χ0n) is 6.89. The monoisotopic (exact) mass is 155 g/mol. The van der Waals surface area contributed by atoms with Gasteiger partial charge in [0.25, 0.3) is 0 Å². The summed E-state index contributed by atoms with van der Waals surface area (Å²) >= 11 is 0. The molecule has 3 heteroatoms. The fourth-order valence-electron chi connectivity index (χ4n) is 0.773. The first-order valence-corrected chi connectivity index (χ1v) is 3.77. The van der Waals surface area contributed by atoms with Crippen LogP contribution in [0, 0.1) is 0 Å². The van der Waals surface area contributed by atoms with Gasteiger partial charge in [0, 0.05) is 19.0 Å². The third-order valence-corrected chi connectivity index (χ3v) is 1.44. The molecule has 1 aliphatic heterocycles. The highest BCUT2D eigenvalue weighted by Gasteiger charge is 2.19. The molecule has 0 bridgehead atoms. The predicted octanol–water partition coefficient (Wildman–Crippen LogP) is 0.815. The summed E-state index contributed by atoms with van der Waals surface area (Å²) in [6, 6.07) is 0. The molecular formula is C8H13NO2. The van der Waals surface area contributed by atoms with Gasteiger partial charge in [-0.1, -0.05) is 5.57 Å². The zero-order valence-corrected chi connectivity index (χ0v) is 6.89. The van der Waals surface area contributed by atoms with Crippen molar-refractivity contribution in [3.63, 3.8) is 0 Å². The van der Waals surface area contributed by atoms with E-state index in [1.165, 1.54) is 6.08 Å². The highest BCUT2D eigenvalue weighted by Crippen LogP contribution is 2.04. The lowest BCUT2D eigenvalue weighted by molar-refractivity contribution is -0.148. The molecule has 0 radical (unpaired) electrons. The van der Waals surface area contributed by atoms with Gasteiger partial charge in [0.1, 0.15) is 0 Å². The van der Waals surface area contributed by atoms with E-state index in [9.17, 15) is 4.79 Å². The molecule has 0 spiro atoms. The lowest BCUT2D eigenvalue weighted by atomic mass is 10.2. The summed E-state index contributed by atoms with van der Waals surface area (Å²) < 4.78 is 4.97. The van der Waals surface area contributed by atoms with Crippen LogP contribution in [0.3, 0.4) is 0 Å². The maximum Gasteiger partial charge on any atom is 0.332 e. The van der Waals surface area contributed by atoms with Crippen LogP contribution >= 0.6 is 0 Å². The molecule has 3 nitrogen and oxygen atoms in total. The molecule has 0 saturated carbocycles. The van der Waals surface area contributed by atoms with Crippen molar-refractivity contribution in [3.05, 3.63) is 11.6 Å². The van der Waals surface area contributed by atoms with Crippen molar-refractivity contribution >= 4 is 5.97 Å². The second-order valence-electron chi connectivity index (χ2n) is 2.89. The average molecular weight is 155 g/mol. The van der Waals surface area contributed by atoms with E-state index in [0.717, 1.165) is 18.5 Å². The second-order valence-corrected chi connectivity index (χ2v) is 2.89. The molecule has 1 unspecified atom stereocenters. The molecule has 1 atom stereocenters. The second kappa shape index (κ2) is 3.53. The number of rotatable bonds is 2. The fraction of sp³-hybridized carbons (Fsp3) is 0.625. The first kappa shape index (κ1) is 8.27. The van der Waals surface area contributed by atoms with Gasteiger partial charge in [-0.15, -0.1) is 0 Å². The van der Waals surface area contributed by atoms with Crippen LogP contribution < -0.4 is 5.32 Å². The average Bonchev–Trinajstić information content (AvgIpc) is 1.77. The molecule has 1 N–H and O–H groups in total. The molecule has 62 valence electrons. The number of nitrogens with one attached hydrogen (secondary N) is 1. The van der Waals surface area contributed by atoms with E-state index >= 15 is 0 Å². The first-order valence-electron chi connectivity index (χ1n) is 3.77. The van der Waals surface area contributed by atoms with Crippen molar-refractivity contribution in [2.24, 2.45) is 0 Å². The Kier molecular flexibility index (Phi) is 2.65. The Morgan fingerprint density at radius 3 is 2.64 bits per heavy atom. The van der Waals surface area contributed by atoms with Crippen molar-refractivity contribution in [1.29, 1.82) is 0 Å². The number of carbonyl (C=O) groups excluding carboxylic acids is 1. The van der Waals surface area contributed by atoms with Gasteiger partial charge in [-0.3, -0.25) is 5.32 Å². The van der Waals surface area contributed by atoms with E-state index in [4.69, 9.17) is 4.74 Å². The van der Waals surface area contributed by atoms with E-state index in [2.05, 4.69) is 5.32 Å². The number of hydrogen-bond acceptors (Lipinski definition) is 3. The van der Waals surface area contributed by atoms with Crippen molar-refractivity contribution in [3.8, 4) is 0 Å². The van der Waals surface area contributed by atoms with Crippen LogP contribution in [0.15, 0.2) is 11.6 Å². The van der Waals surface area contributed by atoms with E-state index in [-0.39, 0.29) is 12.2 Å². The highest BCUT2D eigenvalue weighted by atomic mass is 16.6. The van der Waals surface area contributed by atoms with E-state index in [0.29, 0.717) is 0 Å². The highest BCUT2D eigenvalue weighted by molar-refractivity contribution is 5.82. The molecule has 0 aromatic carbocycles. The van der Waals surface area contributed by atoms with Crippen molar-refractivity contribution in [2.45, 2.75) is 26.5 Å². The minimum Gasteiger partial charge on any atom is -0.443 e. The summed E-state index contributed by atoms with van der Waals surface area (Å²) in [4.78, 5) is 10.9. The van der Waals surface area contributed by atoms with Crippen LogP contribution in [-0.2, 0) is 9.53 Å². The quantitative estimate of drug-likeness (QED) is 0.474. The van der Waals surface area contributed by atoms with Gasteiger partial charge in [-0.05, 0) is 13.8 Å². The molecule has 0 aromatic rings. The summed E-state index contributed by atoms with van der Waals surface area (Å²) in [5, 5.41) is 2.98. The van der Waals surface area contributed by atoms with E-state index < -0.39 is 0 Å². The molecule has 0 aromatic heterocycles. The largest absolute Gasteiger partial charge is 0.443 e. The first-order chi connectivity index (χ1) is 5.18. The van der Waals surface area contributed by atoms with Gasteiger partial charge in [-0.2, -0.15) is 0 Å². The number of carbonyl (C=O) groups is 1. The van der Waals surface area contributed by atoms with Crippen molar-refractivity contribution in [1.82, 2.24) is 5.32 Å². The Balaban J connectivity index is 2.25. The summed E-state index contributed by atoms with van der Waals surface area (Å²) in [5.41, 5.74) is 0.967. The summed E-state index contributed by atoms with van der Waals surface area (Å²) in [6.45, 7) is 4.69. The van der Waals surface area contributed by atoms with Gasteiger partial charge in [-0.25, -0.2) is 4.79 Å². The van der Waals surface area contributed by atoms with Crippen LogP contribution in [0.25, 0.3) is 0 Å². The zero-order chi connectivity index (χ0) is 8.27. The lowest BCUT2D eigenvalue weighted by Crippen LogP contribution is -2.45. The van der Waals surface area contributed by atoms with Crippen LogP contribution in [0.5, 0.6) is 0 Å². The van der Waals surface area contributed by atoms with Gasteiger partial charge < -0.3 is 4.74 Å². The molecule has 1 saturated heterocycles. The fourth-order valence-corrected chi connectivity index (χ4v) is 0.773. The third-order valence-electron chi connectivity index (χ3n) is 1.44. The van der Waals surface area contributed by atoms with Crippen molar-refractivity contribution < 1.29 is 9.53 Å². The normalized spacial score (nSPS) is 21.8. The van der Waals surface area contributed by atoms with Gasteiger partial charge in [0.15, 0.2) is 6.23 Å². The standard InChI is InChI=1S/C8H13NO2/c1-6(2)5-8(10)11-7-3-4-9-7/h5,7,9H,3-4H2,1-2H3. The van der Waals surface area contributed by atoms with Crippen LogP contribution in [0.2, 0.25) is 0 Å². The SMILES string of the molecule is CC(C)=CC(=O)OC1CCN1. The van der Waals surface area contributed by atoms with E-state index in [1.54, 1.807) is 0 Å². The van der Waals surface area contributed by atoms with Crippen LogP contribution in [0.1, 0.15) is 20.3 Å². The Hall–Kier alpha value is -0.830. The molecule has 0 aliphatic carbocycles. The summed E-state index contributed by atoms with van der Waals surface area (Å²) in [5.74, 6) is -0.248.